The number of anilines is 2. The van der Waals surface area contributed by atoms with Crippen molar-refractivity contribution < 1.29 is 28.2 Å². The SMILES string of the molecule is CC(=O)N1CCc2c(c(N3CCCc4cc(-c5cnn(C)c5)c(C(F)F)cc43)nn2C2CCN(C3CC4(CC(Oc5ncc(C(=O)O)cn5)C4)C3)CC2)C1. The first-order valence-corrected chi connectivity index (χ1v) is 19.1. The van der Waals surface area contributed by atoms with Crippen LogP contribution in [-0.2, 0) is 31.2 Å². The summed E-state index contributed by atoms with van der Waals surface area (Å²) in [5.41, 5.74) is 5.53. The smallest absolute Gasteiger partial charge is 0.338 e. The van der Waals surface area contributed by atoms with E-state index in [0.29, 0.717) is 48.6 Å². The van der Waals surface area contributed by atoms with Gasteiger partial charge in [-0.25, -0.2) is 23.5 Å². The number of alkyl halides is 2. The van der Waals surface area contributed by atoms with E-state index in [2.05, 4.69) is 29.5 Å². The van der Waals surface area contributed by atoms with Crippen LogP contribution in [0.15, 0.2) is 36.9 Å². The molecule has 15 heteroatoms. The number of aromatic nitrogens is 6. The Morgan fingerprint density at radius 2 is 1.74 bits per heavy atom. The number of carboxylic acid groups (broad SMARTS) is 1. The minimum Gasteiger partial charge on any atom is -0.478 e. The molecule has 3 aliphatic heterocycles. The second-order valence-electron chi connectivity index (χ2n) is 15.9. The highest BCUT2D eigenvalue weighted by molar-refractivity contribution is 5.86. The van der Waals surface area contributed by atoms with Gasteiger partial charge in [-0.1, -0.05) is 0 Å². The molecule has 0 radical (unpaired) electrons. The minimum absolute atomic E-state index is 0.0105. The average Bonchev–Trinajstić information content (AvgIpc) is 3.75. The van der Waals surface area contributed by atoms with Gasteiger partial charge in [0.05, 0.1) is 24.3 Å². The molecule has 0 atom stereocenters. The van der Waals surface area contributed by atoms with Crippen LogP contribution in [0.2, 0.25) is 0 Å². The number of hydrogen-bond donors (Lipinski definition) is 1. The molecule has 2 saturated carbocycles. The maximum Gasteiger partial charge on any atom is 0.338 e. The van der Waals surface area contributed by atoms with Crippen LogP contribution in [0.3, 0.4) is 0 Å². The fraction of sp³-hybridized carbons (Fsp3) is 0.538. The molecule has 1 aromatic carbocycles. The lowest BCUT2D eigenvalue weighted by Crippen LogP contribution is -2.59. The summed E-state index contributed by atoms with van der Waals surface area (Å²) in [6.07, 6.45) is 11.9. The van der Waals surface area contributed by atoms with Gasteiger partial charge in [0.1, 0.15) is 6.10 Å². The molecule has 9 rings (SSSR count). The third-order valence-corrected chi connectivity index (χ3v) is 12.6. The van der Waals surface area contributed by atoms with Gasteiger partial charge in [0, 0.05) is 99.3 Å². The Balaban J connectivity index is 0.899. The predicted octanol–water partition coefficient (Wildman–Crippen LogP) is 5.73. The molecule has 1 amide bonds. The Morgan fingerprint density at radius 3 is 2.41 bits per heavy atom. The summed E-state index contributed by atoms with van der Waals surface area (Å²) in [5.74, 6) is -0.242. The molecule has 1 saturated heterocycles. The van der Waals surface area contributed by atoms with Crippen LogP contribution in [0.1, 0.15) is 97.1 Å². The summed E-state index contributed by atoms with van der Waals surface area (Å²) in [7, 11) is 1.79. The van der Waals surface area contributed by atoms with Crippen molar-refractivity contribution >= 4 is 23.4 Å². The van der Waals surface area contributed by atoms with E-state index in [-0.39, 0.29) is 35.2 Å². The summed E-state index contributed by atoms with van der Waals surface area (Å²) in [6.45, 7) is 5.35. The molecule has 1 spiro atoms. The van der Waals surface area contributed by atoms with Gasteiger partial charge in [0.15, 0.2) is 5.82 Å². The third kappa shape index (κ3) is 6.19. The quantitative estimate of drug-likeness (QED) is 0.239. The van der Waals surface area contributed by atoms with Crippen LogP contribution in [0.5, 0.6) is 6.01 Å². The van der Waals surface area contributed by atoms with Gasteiger partial charge >= 0.3 is 12.0 Å². The van der Waals surface area contributed by atoms with E-state index in [1.807, 2.05) is 11.0 Å². The van der Waals surface area contributed by atoms with Gasteiger partial charge in [-0.3, -0.25) is 14.2 Å². The number of halogens is 2. The summed E-state index contributed by atoms with van der Waals surface area (Å²) < 4.78 is 39.1. The number of fused-ring (bicyclic) bond motifs is 2. The van der Waals surface area contributed by atoms with Gasteiger partial charge in [0.25, 0.3) is 6.43 Å². The third-order valence-electron chi connectivity index (χ3n) is 12.6. The lowest BCUT2D eigenvalue weighted by Gasteiger charge is -2.60. The molecule has 3 aromatic heterocycles. The number of carboxylic acids is 1. The topological polar surface area (TPSA) is 135 Å². The highest BCUT2D eigenvalue weighted by Crippen LogP contribution is 2.58. The van der Waals surface area contributed by atoms with Gasteiger partial charge in [0.2, 0.25) is 5.91 Å². The number of amides is 1. The molecular weight excluding hydrogens is 696 g/mol. The van der Waals surface area contributed by atoms with E-state index in [1.54, 1.807) is 37.1 Å². The second-order valence-corrected chi connectivity index (χ2v) is 15.9. The predicted molar refractivity (Wildman–Crippen MR) is 194 cm³/mol. The number of aromatic carboxylic acids is 1. The molecule has 284 valence electrons. The lowest BCUT2D eigenvalue weighted by molar-refractivity contribution is -0.129. The average molecular weight is 742 g/mol. The lowest BCUT2D eigenvalue weighted by atomic mass is 9.52. The maximum absolute atomic E-state index is 14.7. The maximum atomic E-state index is 14.7. The van der Waals surface area contributed by atoms with Crippen molar-refractivity contribution in [1.82, 2.24) is 39.3 Å². The number of rotatable bonds is 8. The Labute approximate surface area is 311 Å². The van der Waals surface area contributed by atoms with Crippen LogP contribution < -0.4 is 9.64 Å². The van der Waals surface area contributed by atoms with E-state index in [4.69, 9.17) is 14.9 Å². The molecule has 0 unspecified atom stereocenters. The van der Waals surface area contributed by atoms with Crippen molar-refractivity contribution in [3.8, 4) is 17.1 Å². The second kappa shape index (κ2) is 13.4. The number of carbonyl (C=O) groups excluding carboxylic acids is 1. The standard InChI is InChI=1S/C39H45F2N9O4/c1-23(51)48-11-7-33-32(22-48)36(49-8-3-4-24-12-30(26-20-44-46(2)21-26)31(35(40)41)13-34(24)49)45-50(33)27-5-9-47(10-6-27)28-14-39(15-28)16-29(17-39)54-38-42-18-25(19-43-38)37(52)53/h12-13,18-21,27-29,35H,3-11,14-17,22H2,1-2H3,(H,52,53). The van der Waals surface area contributed by atoms with Gasteiger partial charge in [-0.2, -0.15) is 10.2 Å². The first-order valence-electron chi connectivity index (χ1n) is 19.1. The number of hydrogen-bond acceptors (Lipinski definition) is 9. The Morgan fingerprint density at radius 1 is 0.981 bits per heavy atom. The molecule has 5 aliphatic rings. The van der Waals surface area contributed by atoms with Gasteiger partial charge in [-0.15, -0.1) is 0 Å². The van der Waals surface area contributed by atoms with Crippen LogP contribution in [0.4, 0.5) is 20.3 Å². The first-order chi connectivity index (χ1) is 26.0. The van der Waals surface area contributed by atoms with Crippen molar-refractivity contribution in [3.05, 3.63) is 64.9 Å². The van der Waals surface area contributed by atoms with Gasteiger partial charge in [-0.05, 0) is 80.0 Å². The van der Waals surface area contributed by atoms with E-state index < -0.39 is 12.4 Å². The highest BCUT2D eigenvalue weighted by atomic mass is 19.3. The normalized spacial score (nSPS) is 24.2. The van der Waals surface area contributed by atoms with Crippen molar-refractivity contribution in [3.63, 3.8) is 0 Å². The number of ether oxygens (including phenoxy) is 1. The number of nitrogens with zero attached hydrogens (tertiary/aromatic N) is 9. The Hall–Kier alpha value is -4.92. The summed E-state index contributed by atoms with van der Waals surface area (Å²) in [4.78, 5) is 38.4. The number of benzene rings is 1. The molecule has 0 bridgehead atoms. The Kier molecular flexibility index (Phi) is 8.66. The molecule has 6 heterocycles. The van der Waals surface area contributed by atoms with Gasteiger partial charge < -0.3 is 24.5 Å². The van der Waals surface area contributed by atoms with Crippen molar-refractivity contribution in [2.24, 2.45) is 12.5 Å². The molecule has 4 aromatic rings. The molecular formula is C39H45F2N9O4. The number of aryl methyl sites for hydroxylation is 2. The minimum atomic E-state index is -2.65. The van der Waals surface area contributed by atoms with E-state index in [1.165, 1.54) is 18.1 Å². The zero-order valence-corrected chi connectivity index (χ0v) is 30.6. The van der Waals surface area contributed by atoms with E-state index in [0.717, 1.165) is 87.1 Å². The molecule has 54 heavy (non-hydrogen) atoms. The number of piperidine rings is 1. The molecule has 1 N–H and O–H groups in total. The van der Waals surface area contributed by atoms with Crippen molar-refractivity contribution in [2.45, 2.75) is 95.9 Å². The summed E-state index contributed by atoms with van der Waals surface area (Å²) in [6, 6.07) is 4.58. The fourth-order valence-corrected chi connectivity index (χ4v) is 9.73. The fourth-order valence-electron chi connectivity index (χ4n) is 9.73. The largest absolute Gasteiger partial charge is 0.478 e. The summed E-state index contributed by atoms with van der Waals surface area (Å²) in [5, 5.41) is 18.6. The van der Waals surface area contributed by atoms with Crippen LogP contribution >= 0.6 is 0 Å². The van der Waals surface area contributed by atoms with E-state index >= 15 is 0 Å². The zero-order chi connectivity index (χ0) is 37.3. The zero-order valence-electron chi connectivity index (χ0n) is 30.6. The summed E-state index contributed by atoms with van der Waals surface area (Å²) >= 11 is 0. The number of likely N-dealkylation sites (tertiary alicyclic amines) is 1. The van der Waals surface area contributed by atoms with Crippen molar-refractivity contribution in [2.75, 3.05) is 31.1 Å². The highest BCUT2D eigenvalue weighted by Gasteiger charge is 2.55. The van der Waals surface area contributed by atoms with Crippen molar-refractivity contribution in [1.29, 1.82) is 0 Å². The molecule has 3 fully saturated rings. The first kappa shape index (κ1) is 34.8. The van der Waals surface area contributed by atoms with Crippen LogP contribution in [-0.4, -0.2) is 94.6 Å². The van der Waals surface area contributed by atoms with E-state index in [9.17, 15) is 18.4 Å². The molecule has 2 aliphatic carbocycles. The number of carbonyl (C=O) groups is 2. The Bertz CT molecular complexity index is 2080. The van der Waals surface area contributed by atoms with Crippen LogP contribution in [0, 0.1) is 5.41 Å². The van der Waals surface area contributed by atoms with Crippen LogP contribution in [0.25, 0.3) is 11.1 Å². The monoisotopic (exact) mass is 741 g/mol. The molecule has 13 nitrogen and oxygen atoms in total.